The third kappa shape index (κ3) is 14.2. The molecule has 0 aromatic heterocycles. The predicted molar refractivity (Wildman–Crippen MR) is 47.3 cm³/mol. The van der Waals surface area contributed by atoms with Crippen molar-refractivity contribution in [2.45, 2.75) is 19.8 Å². The van der Waals surface area contributed by atoms with E-state index in [9.17, 15) is 0 Å². The van der Waals surface area contributed by atoms with Crippen LogP contribution in [0.15, 0.2) is 24.3 Å². The molecule has 18 heavy (non-hydrogen) atoms. The van der Waals surface area contributed by atoms with Crippen LogP contribution in [0, 0.1) is 12.3 Å². The number of rotatable bonds is 1. The monoisotopic (exact) mass is 767 g/mol. The van der Waals surface area contributed by atoms with Gasteiger partial charge in [-0.3, -0.25) is 0 Å². The summed E-state index contributed by atoms with van der Waals surface area (Å²) in [5.74, 6) is 0.799. The van der Waals surface area contributed by atoms with Crippen LogP contribution in [0.25, 0.3) is 0 Å². The van der Waals surface area contributed by atoms with E-state index in [1.165, 1.54) is 12.8 Å². The first kappa shape index (κ1) is 39.9. The maximum atomic E-state index is 2.32. The summed E-state index contributed by atoms with van der Waals surface area (Å²) in [6.45, 7) is 2.16. The summed E-state index contributed by atoms with van der Waals surface area (Å²) in [5.41, 5.74) is 3.10. The van der Waals surface area contributed by atoms with E-state index in [2.05, 4.69) is 37.6 Å². The van der Waals surface area contributed by atoms with E-state index < -0.39 is 0 Å². The minimum Gasteiger partial charge on any atom is -0.328 e. The van der Waals surface area contributed by atoms with Crippen molar-refractivity contribution in [1.29, 1.82) is 0 Å². The zero-order valence-corrected chi connectivity index (χ0v) is 30.8. The first-order valence-electron chi connectivity index (χ1n) is 4.26. The standard InChI is InChI=1S/C11H13.7Y/c1-2-9-7-10-5-3-4-6-11(10)8-9;;;;;;;/h2-6,9H,7-8H2,1H3;;;;;;;/q-1;;;;;;;. The molecular weight excluding hydrogens is 754 g/mol. The topological polar surface area (TPSA) is 0 Å². The van der Waals surface area contributed by atoms with Crippen molar-refractivity contribution in [2.24, 2.45) is 5.92 Å². The summed E-state index contributed by atoms with van der Waals surface area (Å²) in [4.78, 5) is 0. The first-order valence-corrected chi connectivity index (χ1v) is 4.26. The molecule has 7 heteroatoms. The second-order valence-electron chi connectivity index (χ2n) is 3.27. The van der Waals surface area contributed by atoms with Crippen molar-refractivity contribution in [2.75, 3.05) is 0 Å². The Morgan fingerprint density at radius 3 is 1.39 bits per heavy atom. The third-order valence-electron chi connectivity index (χ3n) is 2.55. The molecule has 0 saturated heterocycles. The largest absolute Gasteiger partial charge is 0.328 e. The zero-order valence-electron chi connectivity index (χ0n) is 10.9. The summed E-state index contributed by atoms with van der Waals surface area (Å²) in [7, 11) is 0. The average Bonchev–Trinajstić information content (AvgIpc) is 2.46. The Morgan fingerprint density at radius 2 is 1.11 bits per heavy atom. The molecule has 0 amide bonds. The quantitative estimate of drug-likeness (QED) is 0.386. The van der Waals surface area contributed by atoms with Crippen molar-refractivity contribution in [1.82, 2.24) is 0 Å². The van der Waals surface area contributed by atoms with Gasteiger partial charge in [0, 0.05) is 229 Å². The second-order valence-corrected chi connectivity index (χ2v) is 3.27. The Hall–Kier alpha value is 6.95. The van der Waals surface area contributed by atoms with Crippen LogP contribution in [0.3, 0.4) is 0 Å². The molecule has 1 aliphatic carbocycles. The van der Waals surface area contributed by atoms with E-state index in [4.69, 9.17) is 0 Å². The molecule has 2 rings (SSSR count). The van der Waals surface area contributed by atoms with Crippen molar-refractivity contribution >= 4 is 0 Å². The van der Waals surface area contributed by atoms with Crippen molar-refractivity contribution in [3.8, 4) is 0 Å². The Balaban J connectivity index is -0.0000000514. The number of hydrogen-bond donors (Lipinski definition) is 0. The van der Waals surface area contributed by atoms with E-state index >= 15 is 0 Å². The summed E-state index contributed by atoms with van der Waals surface area (Å²) < 4.78 is 0. The summed E-state index contributed by atoms with van der Waals surface area (Å²) >= 11 is 0. The molecule has 0 bridgehead atoms. The number of hydrogen-bond acceptors (Lipinski definition) is 0. The first-order chi connectivity index (χ1) is 5.40. The Labute approximate surface area is 288 Å². The molecule has 0 heterocycles. The van der Waals surface area contributed by atoms with Gasteiger partial charge >= 0.3 is 0 Å². The molecular formula is C11H13Y7-. The fourth-order valence-electron chi connectivity index (χ4n) is 1.83. The summed E-state index contributed by atoms with van der Waals surface area (Å²) in [6.07, 6.45) is 4.83. The van der Waals surface area contributed by atoms with E-state index in [-0.39, 0.29) is 229 Å². The van der Waals surface area contributed by atoms with Crippen molar-refractivity contribution < 1.29 is 229 Å². The molecule has 0 atom stereocenters. The second kappa shape index (κ2) is 23.9. The molecule has 0 saturated carbocycles. The number of benzene rings is 1. The van der Waals surface area contributed by atoms with Crippen molar-refractivity contribution in [3.63, 3.8) is 0 Å². The third-order valence-corrected chi connectivity index (χ3v) is 2.55. The Kier molecular flexibility index (Phi) is 53.0. The molecule has 1 aliphatic rings. The normalized spacial score (nSPS) is 10.3. The molecule has 0 N–H and O–H groups in total. The van der Waals surface area contributed by atoms with Gasteiger partial charge in [0.05, 0.1) is 0 Å². The summed E-state index contributed by atoms with van der Waals surface area (Å²) in [6, 6.07) is 8.77. The van der Waals surface area contributed by atoms with E-state index in [0.29, 0.717) is 0 Å². The van der Waals surface area contributed by atoms with Gasteiger partial charge in [0.1, 0.15) is 0 Å². The molecule has 0 unspecified atom stereocenters. The van der Waals surface area contributed by atoms with Crippen LogP contribution >= 0.6 is 0 Å². The molecule has 0 fully saturated rings. The van der Waals surface area contributed by atoms with Gasteiger partial charge in [0.2, 0.25) is 0 Å². The van der Waals surface area contributed by atoms with Gasteiger partial charge in [-0.25, -0.2) is 0 Å². The predicted octanol–water partition coefficient (Wildman–Crippen LogP) is 2.61. The molecule has 7 radical (unpaired) electrons. The SMILES string of the molecule is C[CH-]C1Cc2ccccc2C1.[Y].[Y].[Y].[Y].[Y].[Y].[Y]. The van der Waals surface area contributed by atoms with Crippen LogP contribution < -0.4 is 0 Å². The molecule has 0 spiro atoms. The van der Waals surface area contributed by atoms with E-state index in [1.807, 2.05) is 0 Å². The molecule has 79 valence electrons. The summed E-state index contributed by atoms with van der Waals surface area (Å²) in [5, 5.41) is 0. The maximum Gasteiger partial charge on any atom is 0 e. The maximum absolute atomic E-state index is 2.32. The molecule has 1 aromatic rings. The minimum atomic E-state index is 0. The van der Waals surface area contributed by atoms with Gasteiger partial charge in [0.25, 0.3) is 0 Å². The fraction of sp³-hybridized carbons (Fsp3) is 0.364. The number of fused-ring (bicyclic) bond motifs is 1. The van der Waals surface area contributed by atoms with Gasteiger partial charge in [-0.1, -0.05) is 37.1 Å². The molecule has 1 aromatic carbocycles. The van der Waals surface area contributed by atoms with Crippen LogP contribution in [-0.2, 0) is 242 Å². The van der Waals surface area contributed by atoms with Gasteiger partial charge in [-0.15, -0.1) is 0 Å². The molecule has 0 aliphatic heterocycles. The Morgan fingerprint density at radius 1 is 0.778 bits per heavy atom. The van der Waals surface area contributed by atoms with Crippen LogP contribution in [0.5, 0.6) is 0 Å². The van der Waals surface area contributed by atoms with Crippen LogP contribution in [0.2, 0.25) is 0 Å². The van der Waals surface area contributed by atoms with Crippen LogP contribution in [0.1, 0.15) is 18.1 Å². The van der Waals surface area contributed by atoms with Gasteiger partial charge < -0.3 is 6.42 Å². The van der Waals surface area contributed by atoms with Gasteiger partial charge in [-0.05, 0) is 11.1 Å². The van der Waals surface area contributed by atoms with E-state index in [1.54, 1.807) is 11.1 Å². The zero-order chi connectivity index (χ0) is 7.68. The van der Waals surface area contributed by atoms with Crippen LogP contribution in [0.4, 0.5) is 0 Å². The van der Waals surface area contributed by atoms with Gasteiger partial charge in [0.15, 0.2) is 0 Å². The Bertz CT molecular complexity index is 242. The van der Waals surface area contributed by atoms with E-state index in [0.717, 1.165) is 5.92 Å². The van der Waals surface area contributed by atoms with Crippen LogP contribution in [-0.4, -0.2) is 0 Å². The molecule has 0 nitrogen and oxygen atoms in total. The smallest absolute Gasteiger partial charge is 0 e. The van der Waals surface area contributed by atoms with Crippen molar-refractivity contribution in [3.05, 3.63) is 41.8 Å². The van der Waals surface area contributed by atoms with Gasteiger partial charge in [-0.2, -0.15) is 12.8 Å². The minimum absolute atomic E-state index is 0. The average molecular weight is 768 g/mol. The fourth-order valence-corrected chi connectivity index (χ4v) is 1.83.